The zero-order valence-corrected chi connectivity index (χ0v) is 15.0. The van der Waals surface area contributed by atoms with Gasteiger partial charge in [-0.3, -0.25) is 4.79 Å². The van der Waals surface area contributed by atoms with Crippen molar-refractivity contribution in [2.75, 3.05) is 0 Å². The Bertz CT molecular complexity index is 741. The van der Waals surface area contributed by atoms with Crippen LogP contribution in [0, 0.1) is 5.82 Å². The maximum absolute atomic E-state index is 12.9. The van der Waals surface area contributed by atoms with Gasteiger partial charge in [0.2, 0.25) is 0 Å². The topological polar surface area (TPSA) is 64.6 Å². The Kier molecular flexibility index (Phi) is 6.72. The van der Waals surface area contributed by atoms with E-state index in [4.69, 9.17) is 9.47 Å². The van der Waals surface area contributed by atoms with Crippen LogP contribution in [0.15, 0.2) is 48.5 Å². The van der Waals surface area contributed by atoms with Crippen molar-refractivity contribution in [1.29, 1.82) is 0 Å². The van der Waals surface area contributed by atoms with Crippen LogP contribution in [0.3, 0.4) is 0 Å². The summed E-state index contributed by atoms with van der Waals surface area (Å²) in [4.78, 5) is 24.2. The summed E-state index contributed by atoms with van der Waals surface area (Å²) < 4.78 is 23.5. The summed E-state index contributed by atoms with van der Waals surface area (Å²) in [6.45, 7) is 5.54. The van der Waals surface area contributed by atoms with Crippen LogP contribution in [0.1, 0.15) is 36.7 Å². The van der Waals surface area contributed by atoms with Crippen molar-refractivity contribution >= 4 is 11.9 Å². The Morgan fingerprint density at radius 1 is 1.00 bits per heavy atom. The van der Waals surface area contributed by atoms with E-state index >= 15 is 0 Å². The fourth-order valence-electron chi connectivity index (χ4n) is 2.16. The van der Waals surface area contributed by atoms with Gasteiger partial charge in [-0.05, 0) is 62.7 Å². The zero-order chi connectivity index (χ0) is 19.1. The molecule has 2 aromatic rings. The highest BCUT2D eigenvalue weighted by Crippen LogP contribution is 2.15. The average Bonchev–Trinajstić information content (AvgIpc) is 2.61. The Balaban J connectivity index is 1.85. The molecule has 26 heavy (non-hydrogen) atoms. The molecule has 0 bridgehead atoms. The maximum atomic E-state index is 12.9. The van der Waals surface area contributed by atoms with Crippen LogP contribution in [0.25, 0.3) is 0 Å². The minimum absolute atomic E-state index is 0.0395. The molecule has 138 valence electrons. The van der Waals surface area contributed by atoms with Crippen LogP contribution < -0.4 is 10.1 Å². The van der Waals surface area contributed by atoms with Crippen molar-refractivity contribution in [2.45, 2.75) is 39.5 Å². The fraction of sp³-hybridized carbons (Fsp3) is 0.300. The molecule has 0 saturated carbocycles. The monoisotopic (exact) mass is 359 g/mol. The van der Waals surface area contributed by atoms with E-state index in [1.807, 2.05) is 13.8 Å². The average molecular weight is 359 g/mol. The quantitative estimate of drug-likeness (QED) is 0.769. The van der Waals surface area contributed by atoms with Crippen LogP contribution in [0.4, 0.5) is 4.39 Å². The van der Waals surface area contributed by atoms with Gasteiger partial charge in [-0.2, -0.15) is 0 Å². The number of rotatable bonds is 7. The smallest absolute Gasteiger partial charge is 0.338 e. The minimum atomic E-state index is -0.950. The van der Waals surface area contributed by atoms with E-state index in [1.54, 1.807) is 36.4 Å². The van der Waals surface area contributed by atoms with Crippen molar-refractivity contribution < 1.29 is 23.5 Å². The summed E-state index contributed by atoms with van der Waals surface area (Å²) in [5.41, 5.74) is 1.08. The molecule has 0 spiro atoms. The minimum Gasteiger partial charge on any atom is -0.491 e. The molecule has 0 aliphatic heterocycles. The van der Waals surface area contributed by atoms with Gasteiger partial charge in [0.1, 0.15) is 11.6 Å². The van der Waals surface area contributed by atoms with Gasteiger partial charge in [-0.25, -0.2) is 9.18 Å². The standard InChI is InChI=1S/C20H22FNO4/c1-13(2)25-18-10-6-16(7-11-18)20(24)26-14(3)19(23)22-12-15-4-8-17(21)9-5-15/h4-11,13-14H,12H2,1-3H3,(H,22,23)/t14-/m0/s1. The molecular formula is C20H22FNO4. The van der Waals surface area contributed by atoms with Crippen LogP contribution in [-0.2, 0) is 16.1 Å². The number of carbonyl (C=O) groups is 2. The highest BCUT2D eigenvalue weighted by atomic mass is 19.1. The SMILES string of the molecule is CC(C)Oc1ccc(C(=O)O[C@@H](C)C(=O)NCc2ccc(F)cc2)cc1. The van der Waals surface area contributed by atoms with Crippen molar-refractivity contribution in [3.8, 4) is 5.75 Å². The number of amides is 1. The second-order valence-electron chi connectivity index (χ2n) is 6.08. The molecule has 0 aliphatic rings. The number of hydrogen-bond donors (Lipinski definition) is 1. The molecule has 1 atom stereocenters. The molecule has 0 aliphatic carbocycles. The number of nitrogens with one attached hydrogen (secondary N) is 1. The number of carbonyl (C=O) groups excluding carboxylic acids is 2. The predicted octanol–water partition coefficient (Wildman–Crippen LogP) is 3.47. The van der Waals surface area contributed by atoms with Crippen LogP contribution in [0.2, 0.25) is 0 Å². The summed E-state index contributed by atoms with van der Waals surface area (Å²) >= 11 is 0. The van der Waals surface area contributed by atoms with E-state index in [1.165, 1.54) is 19.1 Å². The largest absolute Gasteiger partial charge is 0.491 e. The van der Waals surface area contributed by atoms with Gasteiger partial charge < -0.3 is 14.8 Å². The number of halogens is 1. The lowest BCUT2D eigenvalue weighted by molar-refractivity contribution is -0.129. The first kappa shape index (κ1) is 19.4. The number of benzene rings is 2. The molecule has 0 fully saturated rings. The Labute approximate surface area is 152 Å². The summed E-state index contributed by atoms with van der Waals surface area (Å²) in [6.07, 6.45) is -0.910. The van der Waals surface area contributed by atoms with E-state index in [0.717, 1.165) is 5.56 Å². The zero-order valence-electron chi connectivity index (χ0n) is 15.0. The molecule has 5 nitrogen and oxygen atoms in total. The van der Waals surface area contributed by atoms with Crippen molar-refractivity contribution in [2.24, 2.45) is 0 Å². The van der Waals surface area contributed by atoms with E-state index in [0.29, 0.717) is 11.3 Å². The van der Waals surface area contributed by atoms with Crippen molar-refractivity contribution in [3.63, 3.8) is 0 Å². The van der Waals surface area contributed by atoms with Gasteiger partial charge in [-0.1, -0.05) is 12.1 Å². The molecule has 1 N–H and O–H groups in total. The number of esters is 1. The lowest BCUT2D eigenvalue weighted by Gasteiger charge is -2.14. The molecule has 0 unspecified atom stereocenters. The molecule has 0 aromatic heterocycles. The van der Waals surface area contributed by atoms with Gasteiger partial charge >= 0.3 is 5.97 Å². The predicted molar refractivity (Wildman–Crippen MR) is 95.3 cm³/mol. The molecule has 0 radical (unpaired) electrons. The normalized spacial score (nSPS) is 11.7. The molecule has 2 aromatic carbocycles. The van der Waals surface area contributed by atoms with Gasteiger partial charge in [0, 0.05) is 6.54 Å². The van der Waals surface area contributed by atoms with Gasteiger partial charge in [-0.15, -0.1) is 0 Å². The highest BCUT2D eigenvalue weighted by molar-refractivity contribution is 5.92. The lowest BCUT2D eigenvalue weighted by atomic mass is 10.2. The van der Waals surface area contributed by atoms with E-state index < -0.39 is 18.0 Å². The highest BCUT2D eigenvalue weighted by Gasteiger charge is 2.18. The van der Waals surface area contributed by atoms with Crippen LogP contribution >= 0.6 is 0 Å². The van der Waals surface area contributed by atoms with Gasteiger partial charge in [0.25, 0.3) is 5.91 Å². The van der Waals surface area contributed by atoms with Crippen molar-refractivity contribution in [1.82, 2.24) is 5.32 Å². The van der Waals surface area contributed by atoms with Crippen LogP contribution in [-0.4, -0.2) is 24.1 Å². The summed E-state index contributed by atoms with van der Waals surface area (Å²) in [5.74, 6) is -0.707. The lowest BCUT2D eigenvalue weighted by Crippen LogP contribution is -2.35. The Hall–Kier alpha value is -2.89. The molecular weight excluding hydrogens is 337 g/mol. The third-order valence-corrected chi connectivity index (χ3v) is 3.49. The number of hydrogen-bond acceptors (Lipinski definition) is 4. The maximum Gasteiger partial charge on any atom is 0.338 e. The first-order chi connectivity index (χ1) is 12.3. The van der Waals surface area contributed by atoms with E-state index in [2.05, 4.69) is 5.32 Å². The van der Waals surface area contributed by atoms with E-state index in [-0.39, 0.29) is 18.5 Å². The molecule has 0 saturated heterocycles. The molecule has 6 heteroatoms. The summed E-state index contributed by atoms with van der Waals surface area (Å²) in [6, 6.07) is 12.3. The third-order valence-electron chi connectivity index (χ3n) is 3.49. The van der Waals surface area contributed by atoms with E-state index in [9.17, 15) is 14.0 Å². The third kappa shape index (κ3) is 5.88. The molecule has 0 heterocycles. The van der Waals surface area contributed by atoms with Crippen molar-refractivity contribution in [3.05, 3.63) is 65.5 Å². The van der Waals surface area contributed by atoms with Crippen LogP contribution in [0.5, 0.6) is 5.75 Å². The first-order valence-corrected chi connectivity index (χ1v) is 8.35. The summed E-state index contributed by atoms with van der Waals surface area (Å²) in [5, 5.41) is 2.65. The second-order valence-corrected chi connectivity index (χ2v) is 6.08. The van der Waals surface area contributed by atoms with Gasteiger partial charge in [0.05, 0.1) is 11.7 Å². The number of ether oxygens (including phenoxy) is 2. The van der Waals surface area contributed by atoms with Gasteiger partial charge in [0.15, 0.2) is 6.10 Å². The molecule has 1 amide bonds. The second kappa shape index (κ2) is 8.99. The molecule has 2 rings (SSSR count). The Morgan fingerprint density at radius 3 is 2.19 bits per heavy atom. The summed E-state index contributed by atoms with van der Waals surface area (Å²) in [7, 11) is 0. The first-order valence-electron chi connectivity index (χ1n) is 8.35. The fourth-order valence-corrected chi connectivity index (χ4v) is 2.16. The Morgan fingerprint density at radius 2 is 1.62 bits per heavy atom.